The van der Waals surface area contributed by atoms with Gasteiger partial charge >= 0.3 is 0 Å². The predicted octanol–water partition coefficient (Wildman–Crippen LogP) is 1.69. The van der Waals surface area contributed by atoms with E-state index in [1.807, 2.05) is 0 Å². The maximum Gasteiger partial charge on any atom is 0.243 e. The summed E-state index contributed by atoms with van der Waals surface area (Å²) in [6.07, 6.45) is 2.06. The van der Waals surface area contributed by atoms with Gasteiger partial charge in [-0.3, -0.25) is 4.79 Å². The summed E-state index contributed by atoms with van der Waals surface area (Å²) in [4.78, 5) is 11.7. The molecule has 0 aliphatic carbocycles. The van der Waals surface area contributed by atoms with Crippen LogP contribution in [0.25, 0.3) is 0 Å². The molecular formula is C14H16F3N3O2S. The highest BCUT2D eigenvalue weighted by atomic mass is 32.1. The lowest BCUT2D eigenvalue weighted by Gasteiger charge is -2.14. The molecule has 1 amide bonds. The number of nitrogens with one attached hydrogen (secondary N) is 3. The quantitative estimate of drug-likeness (QED) is 0.559. The number of halogens is 3. The van der Waals surface area contributed by atoms with Crippen molar-refractivity contribution >= 4 is 28.9 Å². The van der Waals surface area contributed by atoms with E-state index >= 15 is 0 Å². The van der Waals surface area contributed by atoms with Crippen molar-refractivity contribution in [3.05, 3.63) is 29.6 Å². The predicted molar refractivity (Wildman–Crippen MR) is 82.5 cm³/mol. The Hall–Kier alpha value is -1.87. The number of hydrogen-bond acceptors (Lipinski definition) is 3. The van der Waals surface area contributed by atoms with Gasteiger partial charge in [0.25, 0.3) is 0 Å². The second-order valence-electron chi connectivity index (χ2n) is 4.97. The molecule has 23 heavy (non-hydrogen) atoms. The molecule has 0 aromatic heterocycles. The number of amides is 1. The van der Waals surface area contributed by atoms with Gasteiger partial charge in [-0.25, -0.2) is 13.2 Å². The lowest BCUT2D eigenvalue weighted by atomic mass is 10.2. The average Bonchev–Trinajstić information content (AvgIpc) is 3.05. The number of benzene rings is 1. The van der Waals surface area contributed by atoms with E-state index in [0.717, 1.165) is 31.6 Å². The highest BCUT2D eigenvalue weighted by Crippen LogP contribution is 2.19. The third kappa shape index (κ3) is 5.07. The van der Waals surface area contributed by atoms with Gasteiger partial charge in [0.2, 0.25) is 5.91 Å². The van der Waals surface area contributed by atoms with Crippen molar-refractivity contribution in [2.45, 2.75) is 18.9 Å². The molecule has 5 nitrogen and oxygen atoms in total. The fraction of sp³-hybridized carbons (Fsp3) is 0.429. The number of ether oxygens (including phenoxy) is 1. The summed E-state index contributed by atoms with van der Waals surface area (Å²) in [6.45, 7) is 1.02. The molecule has 0 spiro atoms. The van der Waals surface area contributed by atoms with Crippen molar-refractivity contribution in [3.63, 3.8) is 0 Å². The van der Waals surface area contributed by atoms with Crippen LogP contribution in [0.15, 0.2) is 12.1 Å². The Morgan fingerprint density at radius 3 is 2.74 bits per heavy atom. The Morgan fingerprint density at radius 2 is 2.04 bits per heavy atom. The van der Waals surface area contributed by atoms with Crippen LogP contribution in [0.1, 0.15) is 12.8 Å². The number of anilines is 1. The maximum absolute atomic E-state index is 13.4. The van der Waals surface area contributed by atoms with Crippen molar-refractivity contribution in [3.8, 4) is 0 Å². The first-order valence-electron chi connectivity index (χ1n) is 7.04. The summed E-state index contributed by atoms with van der Waals surface area (Å²) in [7, 11) is 0. The fourth-order valence-corrected chi connectivity index (χ4v) is 2.21. The number of carbonyl (C=O) groups is 1. The third-order valence-corrected chi connectivity index (χ3v) is 3.52. The smallest absolute Gasteiger partial charge is 0.243 e. The van der Waals surface area contributed by atoms with E-state index in [-0.39, 0.29) is 17.8 Å². The molecule has 1 fully saturated rings. The minimum atomic E-state index is -1.63. The number of carbonyl (C=O) groups excluding carboxylic acids is 1. The second-order valence-corrected chi connectivity index (χ2v) is 5.38. The average molecular weight is 347 g/mol. The van der Waals surface area contributed by atoms with E-state index in [2.05, 4.69) is 16.0 Å². The summed E-state index contributed by atoms with van der Waals surface area (Å²) in [5.41, 5.74) is -0.436. The van der Waals surface area contributed by atoms with Gasteiger partial charge < -0.3 is 20.7 Å². The molecule has 1 heterocycles. The lowest BCUT2D eigenvalue weighted by Crippen LogP contribution is -2.42. The molecule has 3 N–H and O–H groups in total. The lowest BCUT2D eigenvalue weighted by molar-refractivity contribution is -0.115. The standard InChI is InChI=1S/C14H16F3N3O2S/c15-9-3-4-10(13(17)12(9)16)20-11(21)7-19-14(23)18-6-8-2-1-5-22-8/h3-4,8H,1-2,5-7H2,(H,20,21)(H2,18,19,23)/t8-/m0/s1. The summed E-state index contributed by atoms with van der Waals surface area (Å²) in [6, 6.07) is 1.68. The molecule has 0 radical (unpaired) electrons. The van der Waals surface area contributed by atoms with E-state index in [1.54, 1.807) is 0 Å². The SMILES string of the molecule is O=C(CNC(=S)NC[C@@H]1CCCO1)Nc1ccc(F)c(F)c1F. The Kier molecular flexibility index (Phi) is 6.17. The molecule has 0 bridgehead atoms. The molecule has 1 aromatic rings. The Morgan fingerprint density at radius 1 is 1.26 bits per heavy atom. The zero-order valence-electron chi connectivity index (χ0n) is 12.1. The van der Waals surface area contributed by atoms with Crippen LogP contribution in [0, 0.1) is 17.5 Å². The van der Waals surface area contributed by atoms with Gasteiger partial charge in [-0.05, 0) is 37.2 Å². The molecule has 9 heteroatoms. The van der Waals surface area contributed by atoms with Crippen LogP contribution in [0.5, 0.6) is 0 Å². The molecule has 1 saturated heterocycles. The third-order valence-electron chi connectivity index (χ3n) is 3.23. The Bertz CT molecular complexity index is 595. The molecule has 1 aromatic carbocycles. The highest BCUT2D eigenvalue weighted by Gasteiger charge is 2.16. The zero-order chi connectivity index (χ0) is 16.8. The van der Waals surface area contributed by atoms with Gasteiger partial charge in [-0.1, -0.05) is 0 Å². The molecule has 1 atom stereocenters. The number of thiocarbonyl (C=S) groups is 1. The van der Waals surface area contributed by atoms with Gasteiger partial charge in [-0.2, -0.15) is 0 Å². The summed E-state index contributed by atoms with van der Waals surface area (Å²) in [5.74, 6) is -5.05. The minimum absolute atomic E-state index is 0.0971. The van der Waals surface area contributed by atoms with Gasteiger partial charge in [0.1, 0.15) is 0 Å². The first-order valence-corrected chi connectivity index (χ1v) is 7.45. The van der Waals surface area contributed by atoms with Crippen molar-refractivity contribution in [1.29, 1.82) is 0 Å². The number of rotatable bonds is 5. The van der Waals surface area contributed by atoms with E-state index in [4.69, 9.17) is 17.0 Å². The van der Waals surface area contributed by atoms with Gasteiger partial charge in [-0.15, -0.1) is 0 Å². The van der Waals surface area contributed by atoms with Crippen LogP contribution in [0.3, 0.4) is 0 Å². The van der Waals surface area contributed by atoms with Crippen molar-refractivity contribution in [2.24, 2.45) is 0 Å². The molecule has 1 aliphatic heterocycles. The normalized spacial score (nSPS) is 16.9. The maximum atomic E-state index is 13.4. The van der Waals surface area contributed by atoms with Gasteiger partial charge in [0.05, 0.1) is 18.3 Å². The Labute approximate surface area is 136 Å². The molecule has 0 unspecified atom stereocenters. The largest absolute Gasteiger partial charge is 0.376 e. The van der Waals surface area contributed by atoms with Crippen LogP contribution >= 0.6 is 12.2 Å². The first-order chi connectivity index (χ1) is 11.0. The minimum Gasteiger partial charge on any atom is -0.376 e. The van der Waals surface area contributed by atoms with Crippen LogP contribution in [0.4, 0.5) is 18.9 Å². The van der Waals surface area contributed by atoms with Gasteiger partial charge in [0.15, 0.2) is 22.6 Å². The molecule has 2 rings (SSSR count). The molecular weight excluding hydrogens is 331 g/mol. The van der Waals surface area contributed by atoms with Crippen LogP contribution < -0.4 is 16.0 Å². The topological polar surface area (TPSA) is 62.4 Å². The molecule has 0 saturated carbocycles. The van der Waals surface area contributed by atoms with E-state index in [1.165, 1.54) is 0 Å². The second kappa shape index (κ2) is 8.11. The van der Waals surface area contributed by atoms with Crippen molar-refractivity contribution in [2.75, 3.05) is 25.0 Å². The Balaban J connectivity index is 1.74. The van der Waals surface area contributed by atoms with Crippen LogP contribution in [-0.2, 0) is 9.53 Å². The number of hydrogen-bond donors (Lipinski definition) is 3. The highest BCUT2D eigenvalue weighted by molar-refractivity contribution is 7.80. The van der Waals surface area contributed by atoms with Crippen molar-refractivity contribution in [1.82, 2.24) is 10.6 Å². The van der Waals surface area contributed by atoms with Gasteiger partial charge in [0, 0.05) is 13.2 Å². The molecule has 1 aliphatic rings. The van der Waals surface area contributed by atoms with E-state index in [9.17, 15) is 18.0 Å². The molecule has 126 valence electrons. The van der Waals surface area contributed by atoms with Crippen LogP contribution in [-0.4, -0.2) is 36.8 Å². The monoisotopic (exact) mass is 347 g/mol. The fourth-order valence-electron chi connectivity index (χ4n) is 2.05. The van der Waals surface area contributed by atoms with E-state index in [0.29, 0.717) is 6.54 Å². The van der Waals surface area contributed by atoms with E-state index < -0.39 is 29.0 Å². The summed E-state index contributed by atoms with van der Waals surface area (Å²) in [5, 5.41) is 7.92. The van der Waals surface area contributed by atoms with Crippen molar-refractivity contribution < 1.29 is 22.7 Å². The first kappa shape index (κ1) is 17.5. The summed E-state index contributed by atoms with van der Waals surface area (Å²) >= 11 is 4.99. The van der Waals surface area contributed by atoms with Crippen LogP contribution in [0.2, 0.25) is 0 Å². The summed E-state index contributed by atoms with van der Waals surface area (Å²) < 4.78 is 44.7. The zero-order valence-corrected chi connectivity index (χ0v) is 12.9.